The van der Waals surface area contributed by atoms with Gasteiger partial charge in [-0.3, -0.25) is 53.1 Å². The number of amides is 7. The molecule has 8 bridgehead atoms. The van der Waals surface area contributed by atoms with E-state index in [0.717, 1.165) is 0 Å². The first kappa shape index (κ1) is 68.1. The van der Waals surface area contributed by atoms with E-state index in [-0.39, 0.29) is 99.3 Å². The molecule has 0 saturated carbocycles. The Labute approximate surface area is 510 Å². The number of aliphatic imine (C=N–C) groups is 3. The molecule has 8 heterocycles. The SMILES string of the molecule is CC1=C2N=C(C=C3N=C(C(C)=C4[N-]C(C(CC(N)=O)C4(C)CCC(=O)NCC(C)O)C4(C)N=C1C(CCC(N)=O)C4(C)CC(N)=O)C(CCC(N)=O)C3(C)C)C(CCC(N)=O)C2(C)CC(N)=O.[CH2-]C1OC(n2cnc3c(N)ncnc32)C(O)C1O.[Co+3]. The summed E-state index contributed by atoms with van der Waals surface area (Å²) >= 11 is 0. The Balaban J connectivity index is 0.000000524. The van der Waals surface area contributed by atoms with Crippen LogP contribution in [0.1, 0.15) is 139 Å². The van der Waals surface area contributed by atoms with Crippen LogP contribution in [0.3, 0.4) is 0 Å². The van der Waals surface area contributed by atoms with E-state index in [4.69, 9.17) is 65.2 Å². The molecule has 0 aliphatic carbocycles. The summed E-state index contributed by atoms with van der Waals surface area (Å²) in [6, 6.07) is -0.923. The van der Waals surface area contributed by atoms with Gasteiger partial charge in [-0.05, 0) is 88.0 Å². The van der Waals surface area contributed by atoms with Gasteiger partial charge in [-0.2, -0.15) is 5.70 Å². The van der Waals surface area contributed by atoms with Gasteiger partial charge in [0, 0.05) is 108 Å². The van der Waals surface area contributed by atoms with Gasteiger partial charge in [-0.1, -0.05) is 40.7 Å². The Kier molecular flexibility index (Phi) is 20.4. The van der Waals surface area contributed by atoms with Crippen molar-refractivity contribution in [1.29, 1.82) is 0 Å². The van der Waals surface area contributed by atoms with Gasteiger partial charge in [-0.25, -0.2) is 15.0 Å². The Hall–Kier alpha value is -6.98. The molecule has 2 aromatic heterocycles. The number of anilines is 1. The number of imidazole rings is 1. The summed E-state index contributed by atoms with van der Waals surface area (Å²) < 4.78 is 6.90. The second-order valence-electron chi connectivity index (χ2n) is 25.2. The van der Waals surface area contributed by atoms with Gasteiger partial charge in [0.15, 0.2) is 17.7 Å². The number of hydrogen-bond donors (Lipinski definition) is 11. The molecule has 18 N–H and O–H groups in total. The molecule has 2 fully saturated rings. The second kappa shape index (κ2) is 25.8. The molecule has 7 amide bonds. The van der Waals surface area contributed by atoms with Gasteiger partial charge in [0.25, 0.3) is 0 Å². The summed E-state index contributed by atoms with van der Waals surface area (Å²) in [4.78, 5) is 119. The third kappa shape index (κ3) is 12.9. The molecule has 0 aromatic carbocycles. The smallest absolute Gasteiger partial charge is 0.682 e. The van der Waals surface area contributed by atoms with Gasteiger partial charge in [0.2, 0.25) is 41.4 Å². The van der Waals surface area contributed by atoms with E-state index in [0.29, 0.717) is 63.0 Å². The van der Waals surface area contributed by atoms with E-state index >= 15 is 0 Å². The van der Waals surface area contributed by atoms with Gasteiger partial charge < -0.3 is 77.7 Å². The number of nitrogens with two attached hydrogens (primary N) is 7. The minimum absolute atomic E-state index is 0. The summed E-state index contributed by atoms with van der Waals surface area (Å²) in [6.45, 7) is 20.4. The van der Waals surface area contributed by atoms with Crippen LogP contribution in [-0.4, -0.2) is 136 Å². The molecule has 470 valence electrons. The van der Waals surface area contributed by atoms with Crippen LogP contribution in [0.5, 0.6) is 0 Å². The molecule has 28 heteroatoms. The number of carbonyl (C=O) groups is 7. The van der Waals surface area contributed by atoms with E-state index < -0.39 is 123 Å². The van der Waals surface area contributed by atoms with Crippen molar-refractivity contribution in [3.8, 4) is 0 Å². The molecule has 6 aliphatic heterocycles. The van der Waals surface area contributed by atoms with E-state index in [1.165, 1.54) is 17.2 Å². The van der Waals surface area contributed by atoms with E-state index in [1.54, 1.807) is 6.92 Å². The first-order valence-electron chi connectivity index (χ1n) is 28.6. The van der Waals surface area contributed by atoms with Crippen molar-refractivity contribution in [2.45, 2.75) is 175 Å². The van der Waals surface area contributed by atoms with Crippen molar-refractivity contribution in [3.05, 3.63) is 59.2 Å². The molecule has 2 aromatic rings. The number of aromatic nitrogens is 4. The molecule has 14 atom stereocenters. The van der Waals surface area contributed by atoms with Crippen molar-refractivity contribution in [3.63, 3.8) is 0 Å². The van der Waals surface area contributed by atoms with Gasteiger partial charge in [0.1, 0.15) is 17.9 Å². The number of allylic oxidation sites excluding steroid dienone is 6. The number of fused-ring (bicyclic) bond motifs is 7. The molecular weight excluding hydrogens is 1160 g/mol. The molecule has 86 heavy (non-hydrogen) atoms. The number of aliphatic hydroxyl groups excluding tert-OH is 3. The summed E-state index contributed by atoms with van der Waals surface area (Å²) in [6.07, 6.45) is 0.116. The molecule has 6 aliphatic rings. The number of nitrogen functional groups attached to an aromatic ring is 1. The van der Waals surface area contributed by atoms with Crippen molar-refractivity contribution < 1.29 is 70.4 Å². The van der Waals surface area contributed by atoms with E-state index in [2.05, 4.69) is 27.2 Å². The van der Waals surface area contributed by atoms with Gasteiger partial charge in [-0.15, -0.1) is 0 Å². The summed E-state index contributed by atoms with van der Waals surface area (Å²) in [5, 5.41) is 37.9. The van der Waals surface area contributed by atoms with Crippen molar-refractivity contribution >= 4 is 75.5 Å². The van der Waals surface area contributed by atoms with Crippen LogP contribution >= 0.6 is 0 Å². The minimum atomic E-state index is -1.40. The Morgan fingerprint density at radius 3 is 1.90 bits per heavy atom. The number of carbonyl (C=O) groups excluding carboxylic acids is 7. The average Bonchev–Trinajstić information content (AvgIpc) is 1.60. The maximum Gasteiger partial charge on any atom is 3.00 e. The number of nitrogens with zero attached hydrogens (tertiary/aromatic N) is 8. The van der Waals surface area contributed by atoms with Crippen LogP contribution < -0.4 is 45.5 Å². The zero-order chi connectivity index (χ0) is 63.2. The predicted octanol–water partition coefficient (Wildman–Crippen LogP) is 1.38. The van der Waals surface area contributed by atoms with Crippen LogP contribution in [0.4, 0.5) is 5.82 Å². The zero-order valence-corrected chi connectivity index (χ0v) is 51.3. The summed E-state index contributed by atoms with van der Waals surface area (Å²) in [5.41, 5.74) is 40.9. The fraction of sp³-hybridized carbons (Fsp3) is 0.621. The molecular formula is C58H84CoN16O11+. The Morgan fingerprint density at radius 1 is 0.756 bits per heavy atom. The van der Waals surface area contributed by atoms with E-state index in [1.807, 2.05) is 61.5 Å². The Bertz CT molecular complexity index is 3240. The third-order valence-corrected chi connectivity index (χ3v) is 19.0. The van der Waals surface area contributed by atoms with E-state index in [9.17, 15) is 48.9 Å². The monoisotopic (exact) mass is 1240 g/mol. The van der Waals surface area contributed by atoms with Crippen LogP contribution in [0.25, 0.3) is 16.5 Å². The standard InChI is InChI=1S/C48H73N11O8.C10H12N5O3.Co/c1-23(60)22-55-38(67)16-17-45(6)29(18-35(52)64)43-48(9)47(8,21-37(54)66)28(12-15-34(51)63)40(59-48)25(3)42-46(7,20-36(53)65)26(10-13-32(49)61)30(56-42)19-31-44(4,5)27(11-14-33(50)62)39(57-31)24(2)41(45)58-43;1-4-6(16)7(17)10(18-4)15-3-14-5-8(11)12-2-13-9(5)15;/h19,23,26-29,43,60H,10-18,20-22H2,1-9H3,(H14,49,50,51,52,53,54,55,56,57,58,59,61,62,63,64,65,66,67);2-4,6-7,10,16-17H,1H2,(H2,11,12,13);/q;-1;+3/p-1. The molecule has 2 saturated heterocycles. The van der Waals surface area contributed by atoms with Crippen LogP contribution in [0.2, 0.25) is 0 Å². The van der Waals surface area contributed by atoms with Crippen molar-refractivity contribution in [1.82, 2.24) is 24.8 Å². The van der Waals surface area contributed by atoms with Crippen LogP contribution in [-0.2, 0) is 55.1 Å². The number of hydrogen-bond acceptors (Lipinski definition) is 18. The third-order valence-electron chi connectivity index (χ3n) is 19.0. The Morgan fingerprint density at radius 2 is 1.35 bits per heavy atom. The van der Waals surface area contributed by atoms with Gasteiger partial charge >= 0.3 is 16.8 Å². The predicted molar refractivity (Wildman–Crippen MR) is 315 cm³/mol. The molecule has 0 radical (unpaired) electrons. The fourth-order valence-corrected chi connectivity index (χ4v) is 14.2. The maximum atomic E-state index is 13.5. The average molecular weight is 1240 g/mol. The molecule has 14 unspecified atom stereocenters. The summed E-state index contributed by atoms with van der Waals surface area (Å²) in [7, 11) is 0. The zero-order valence-electron chi connectivity index (χ0n) is 50.3. The fourth-order valence-electron chi connectivity index (χ4n) is 14.2. The first-order valence-corrected chi connectivity index (χ1v) is 28.6. The second-order valence-corrected chi connectivity index (χ2v) is 25.2. The normalized spacial score (nSPS) is 31.8. The number of rotatable bonds is 21. The maximum absolute atomic E-state index is 13.5. The number of nitrogens with one attached hydrogen (secondary N) is 1. The van der Waals surface area contributed by atoms with Crippen molar-refractivity contribution in [2.75, 3.05) is 12.3 Å². The number of ether oxygens (including phenoxy) is 1. The summed E-state index contributed by atoms with van der Waals surface area (Å²) in [5.74, 6) is -6.17. The van der Waals surface area contributed by atoms with Crippen LogP contribution in [0, 0.1) is 52.3 Å². The largest absolute Gasteiger partial charge is 3.00 e. The van der Waals surface area contributed by atoms with Crippen molar-refractivity contribution in [2.24, 2.45) is 94.7 Å². The molecule has 8 rings (SSSR count). The minimum Gasteiger partial charge on any atom is -0.682 e. The first-order chi connectivity index (χ1) is 39.5. The number of primary amides is 6. The quantitative estimate of drug-likeness (QED) is 0.0787. The molecule has 27 nitrogen and oxygen atoms in total. The number of aliphatic hydroxyl groups is 3. The molecule has 0 spiro atoms. The van der Waals surface area contributed by atoms with Gasteiger partial charge in [0.05, 0.1) is 29.8 Å². The topological polar surface area (TPSA) is 478 Å². The van der Waals surface area contributed by atoms with Crippen LogP contribution in [0.15, 0.2) is 61.9 Å².